The van der Waals surface area contributed by atoms with E-state index >= 15 is 0 Å². The Morgan fingerprint density at radius 1 is 1.23 bits per heavy atom. The van der Waals surface area contributed by atoms with E-state index in [0.717, 1.165) is 16.7 Å². The summed E-state index contributed by atoms with van der Waals surface area (Å²) in [5, 5.41) is 0.626. The molecule has 0 aliphatic heterocycles. The summed E-state index contributed by atoms with van der Waals surface area (Å²) in [6.07, 6.45) is 0.392. The molecule has 2 N–H and O–H groups in total. The summed E-state index contributed by atoms with van der Waals surface area (Å²) in [6.45, 7) is 2.09. The Labute approximate surface area is 141 Å². The monoisotopic (exact) mass is 339 g/mol. The van der Waals surface area contributed by atoms with Gasteiger partial charge in [0.05, 0.1) is 6.61 Å². The minimum absolute atomic E-state index is 0. The number of hydrogen-bond acceptors (Lipinski definition) is 3. The molecule has 0 aromatic heterocycles. The third-order valence-corrected chi connectivity index (χ3v) is 3.42. The first kappa shape index (κ1) is 18.5. The van der Waals surface area contributed by atoms with Gasteiger partial charge in [0.2, 0.25) is 0 Å². The van der Waals surface area contributed by atoms with Crippen LogP contribution in [-0.2, 0) is 16.0 Å². The molecule has 5 heteroatoms. The molecule has 2 aromatic rings. The van der Waals surface area contributed by atoms with Crippen molar-refractivity contribution in [2.75, 3.05) is 6.61 Å². The number of halogens is 2. The molecule has 1 unspecified atom stereocenters. The molecule has 0 aliphatic rings. The highest BCUT2D eigenvalue weighted by Gasteiger charge is 2.17. The average molecular weight is 340 g/mol. The smallest absolute Gasteiger partial charge is 0.323 e. The normalized spacial score (nSPS) is 11.4. The first-order chi connectivity index (χ1) is 10.1. The second-order valence-electron chi connectivity index (χ2n) is 4.73. The minimum Gasteiger partial charge on any atom is -0.465 e. The fraction of sp³-hybridized carbons (Fsp3) is 0.235. The highest BCUT2D eigenvalue weighted by atomic mass is 35.5. The first-order valence-corrected chi connectivity index (χ1v) is 7.25. The van der Waals surface area contributed by atoms with Crippen molar-refractivity contribution in [1.29, 1.82) is 0 Å². The molecule has 0 heterocycles. The Morgan fingerprint density at radius 2 is 1.91 bits per heavy atom. The maximum atomic E-state index is 11.7. The van der Waals surface area contributed by atoms with E-state index in [4.69, 9.17) is 22.1 Å². The summed E-state index contributed by atoms with van der Waals surface area (Å²) < 4.78 is 4.95. The maximum absolute atomic E-state index is 11.7. The van der Waals surface area contributed by atoms with Gasteiger partial charge in [0.1, 0.15) is 6.04 Å². The van der Waals surface area contributed by atoms with Gasteiger partial charge in [0.25, 0.3) is 0 Å². The SMILES string of the molecule is CCOC(=O)C(N)Cc1cc(Cl)ccc1-c1ccccc1.Cl. The quantitative estimate of drug-likeness (QED) is 0.841. The van der Waals surface area contributed by atoms with Crippen molar-refractivity contribution in [3.05, 3.63) is 59.1 Å². The highest BCUT2D eigenvalue weighted by Crippen LogP contribution is 2.27. The van der Waals surface area contributed by atoms with Crippen molar-refractivity contribution in [3.8, 4) is 11.1 Å². The Morgan fingerprint density at radius 3 is 2.55 bits per heavy atom. The molecule has 0 aliphatic carbocycles. The molecule has 118 valence electrons. The summed E-state index contributed by atoms with van der Waals surface area (Å²) in [6, 6.07) is 14.9. The molecule has 2 aromatic carbocycles. The predicted molar refractivity (Wildman–Crippen MR) is 92.4 cm³/mol. The van der Waals surface area contributed by atoms with E-state index in [-0.39, 0.29) is 12.4 Å². The van der Waals surface area contributed by atoms with Crippen LogP contribution < -0.4 is 5.73 Å². The molecule has 2 rings (SSSR count). The number of benzene rings is 2. The lowest BCUT2D eigenvalue weighted by molar-refractivity contribution is -0.144. The lowest BCUT2D eigenvalue weighted by atomic mass is 9.95. The van der Waals surface area contributed by atoms with Gasteiger partial charge in [0.15, 0.2) is 0 Å². The Balaban J connectivity index is 0.00000242. The lowest BCUT2D eigenvalue weighted by Crippen LogP contribution is -2.34. The fourth-order valence-electron chi connectivity index (χ4n) is 2.20. The fourth-order valence-corrected chi connectivity index (χ4v) is 2.39. The number of nitrogens with two attached hydrogens (primary N) is 1. The topological polar surface area (TPSA) is 52.3 Å². The number of carbonyl (C=O) groups excluding carboxylic acids is 1. The standard InChI is InChI=1S/C17H18ClNO2.ClH/c1-2-21-17(20)16(19)11-13-10-14(18)8-9-15(13)12-6-4-3-5-7-12;/h3-10,16H,2,11,19H2,1H3;1H. The van der Waals surface area contributed by atoms with E-state index in [2.05, 4.69) is 0 Å². The van der Waals surface area contributed by atoms with Crippen LogP contribution in [0.25, 0.3) is 11.1 Å². The van der Waals surface area contributed by atoms with Gasteiger partial charge in [-0.15, -0.1) is 12.4 Å². The van der Waals surface area contributed by atoms with Gasteiger partial charge in [-0.2, -0.15) is 0 Å². The zero-order valence-corrected chi connectivity index (χ0v) is 13.9. The van der Waals surface area contributed by atoms with Crippen molar-refractivity contribution < 1.29 is 9.53 Å². The Hall–Kier alpha value is -1.55. The van der Waals surface area contributed by atoms with Gasteiger partial charge in [-0.05, 0) is 42.2 Å². The van der Waals surface area contributed by atoms with Crippen LogP contribution in [0.4, 0.5) is 0 Å². The molecule has 3 nitrogen and oxygen atoms in total. The van der Waals surface area contributed by atoms with Crippen LogP contribution in [0.15, 0.2) is 48.5 Å². The van der Waals surface area contributed by atoms with E-state index in [1.807, 2.05) is 48.5 Å². The van der Waals surface area contributed by atoms with Crippen molar-refractivity contribution in [1.82, 2.24) is 0 Å². The molecule has 0 saturated heterocycles. The van der Waals surface area contributed by atoms with Crippen molar-refractivity contribution >= 4 is 30.0 Å². The van der Waals surface area contributed by atoms with Gasteiger partial charge in [0, 0.05) is 5.02 Å². The molecule has 0 fully saturated rings. The van der Waals surface area contributed by atoms with E-state index < -0.39 is 12.0 Å². The van der Waals surface area contributed by atoms with E-state index in [1.54, 1.807) is 6.92 Å². The number of hydrogen-bond donors (Lipinski definition) is 1. The van der Waals surface area contributed by atoms with Crippen molar-refractivity contribution in [2.24, 2.45) is 5.73 Å². The van der Waals surface area contributed by atoms with Gasteiger partial charge < -0.3 is 10.5 Å². The second kappa shape index (κ2) is 8.79. The molecular formula is C17H19Cl2NO2. The van der Waals surface area contributed by atoms with Crippen LogP contribution in [0, 0.1) is 0 Å². The van der Waals surface area contributed by atoms with Crippen molar-refractivity contribution in [2.45, 2.75) is 19.4 Å². The minimum atomic E-state index is -0.689. The molecular weight excluding hydrogens is 321 g/mol. The zero-order chi connectivity index (χ0) is 15.2. The molecule has 0 saturated carbocycles. The molecule has 0 amide bonds. The number of carbonyl (C=O) groups is 1. The van der Waals surface area contributed by atoms with Crippen LogP contribution in [0.2, 0.25) is 5.02 Å². The summed E-state index contributed by atoms with van der Waals surface area (Å²) in [5.74, 6) is -0.392. The van der Waals surface area contributed by atoms with Crippen LogP contribution in [0.5, 0.6) is 0 Å². The molecule has 22 heavy (non-hydrogen) atoms. The van der Waals surface area contributed by atoms with Crippen LogP contribution >= 0.6 is 24.0 Å². The third-order valence-electron chi connectivity index (χ3n) is 3.18. The Kier molecular flexibility index (Phi) is 7.39. The molecule has 0 bridgehead atoms. The van der Waals surface area contributed by atoms with E-state index in [9.17, 15) is 4.79 Å². The summed E-state index contributed by atoms with van der Waals surface area (Å²) in [5.41, 5.74) is 8.95. The van der Waals surface area contributed by atoms with E-state index in [0.29, 0.717) is 18.1 Å². The number of rotatable bonds is 5. The lowest BCUT2D eigenvalue weighted by Gasteiger charge is -2.14. The highest BCUT2D eigenvalue weighted by molar-refractivity contribution is 6.30. The van der Waals surface area contributed by atoms with Crippen LogP contribution in [0.3, 0.4) is 0 Å². The van der Waals surface area contributed by atoms with Crippen LogP contribution in [-0.4, -0.2) is 18.6 Å². The van der Waals surface area contributed by atoms with Gasteiger partial charge in [-0.3, -0.25) is 4.79 Å². The van der Waals surface area contributed by atoms with Gasteiger partial charge in [-0.1, -0.05) is 48.0 Å². The summed E-state index contributed by atoms with van der Waals surface area (Å²) >= 11 is 6.07. The Bertz CT molecular complexity index is 617. The van der Waals surface area contributed by atoms with Gasteiger partial charge in [-0.25, -0.2) is 0 Å². The average Bonchev–Trinajstić information content (AvgIpc) is 2.48. The number of ether oxygens (including phenoxy) is 1. The molecule has 1 atom stereocenters. The van der Waals surface area contributed by atoms with E-state index in [1.165, 1.54) is 0 Å². The molecule has 0 spiro atoms. The number of esters is 1. The van der Waals surface area contributed by atoms with Crippen LogP contribution in [0.1, 0.15) is 12.5 Å². The largest absolute Gasteiger partial charge is 0.465 e. The summed E-state index contributed by atoms with van der Waals surface area (Å²) in [7, 11) is 0. The predicted octanol–water partition coefficient (Wildman–Crippen LogP) is 3.86. The third kappa shape index (κ3) is 4.73. The molecule has 0 radical (unpaired) electrons. The zero-order valence-electron chi connectivity index (χ0n) is 12.3. The second-order valence-corrected chi connectivity index (χ2v) is 5.17. The summed E-state index contributed by atoms with van der Waals surface area (Å²) in [4.78, 5) is 11.7. The first-order valence-electron chi connectivity index (χ1n) is 6.88. The van der Waals surface area contributed by atoms with Crippen molar-refractivity contribution in [3.63, 3.8) is 0 Å². The van der Waals surface area contributed by atoms with Gasteiger partial charge >= 0.3 is 5.97 Å². The maximum Gasteiger partial charge on any atom is 0.323 e.